The van der Waals surface area contributed by atoms with E-state index >= 15 is 0 Å². The normalized spacial score (nSPS) is 15.8. The predicted octanol–water partition coefficient (Wildman–Crippen LogP) is 2.32. The van der Waals surface area contributed by atoms with E-state index in [2.05, 4.69) is 22.0 Å². The summed E-state index contributed by atoms with van der Waals surface area (Å²) in [5.41, 5.74) is 0.723. The molecule has 1 fully saturated rings. The molecule has 0 atom stereocenters. The molecule has 1 aliphatic rings. The third-order valence-corrected chi connectivity index (χ3v) is 3.87. The first kappa shape index (κ1) is 15.7. The minimum atomic E-state index is -0.405. The Hall–Kier alpha value is -1.73. The van der Waals surface area contributed by atoms with Gasteiger partial charge in [0.15, 0.2) is 5.11 Å². The molecule has 1 aromatic carbocycles. The second-order valence-corrected chi connectivity index (χ2v) is 5.45. The largest absolute Gasteiger partial charge is 0.346 e. The van der Waals surface area contributed by atoms with Gasteiger partial charge in [0.2, 0.25) is 0 Å². The van der Waals surface area contributed by atoms with Crippen LogP contribution >= 0.6 is 12.2 Å². The minimum absolute atomic E-state index is 0.0653. The Morgan fingerprint density at radius 1 is 1.38 bits per heavy atom. The summed E-state index contributed by atoms with van der Waals surface area (Å²) in [4.78, 5) is 14.9. The van der Waals surface area contributed by atoms with Crippen LogP contribution in [-0.4, -0.2) is 52.6 Å². The fourth-order valence-corrected chi connectivity index (χ4v) is 2.69. The molecule has 1 heterocycles. The quantitative estimate of drug-likeness (QED) is 0.523. The van der Waals surface area contributed by atoms with Crippen molar-refractivity contribution < 1.29 is 4.92 Å². The van der Waals surface area contributed by atoms with E-state index in [0.717, 1.165) is 39.1 Å². The second kappa shape index (κ2) is 7.33. The molecule has 114 valence electrons. The molecule has 1 saturated heterocycles. The molecule has 7 heteroatoms. The molecular formula is C14H20N4O2S. The summed E-state index contributed by atoms with van der Waals surface area (Å²) >= 11 is 5.39. The van der Waals surface area contributed by atoms with Gasteiger partial charge in [0.05, 0.1) is 4.92 Å². The number of nitrogens with one attached hydrogen (secondary N) is 1. The molecule has 0 spiro atoms. The molecule has 2 rings (SSSR count). The van der Waals surface area contributed by atoms with Crippen molar-refractivity contribution in [2.45, 2.75) is 13.3 Å². The van der Waals surface area contributed by atoms with Crippen molar-refractivity contribution in [1.82, 2.24) is 9.80 Å². The molecule has 0 saturated carbocycles. The van der Waals surface area contributed by atoms with Crippen molar-refractivity contribution in [1.29, 1.82) is 0 Å². The monoisotopic (exact) mass is 308 g/mol. The number of non-ortho nitro benzene ring substituents is 1. The minimum Gasteiger partial charge on any atom is -0.346 e. The summed E-state index contributed by atoms with van der Waals surface area (Å²) in [7, 11) is 0. The maximum atomic E-state index is 10.8. The van der Waals surface area contributed by atoms with Crippen LogP contribution in [0, 0.1) is 10.1 Å². The van der Waals surface area contributed by atoms with Crippen LogP contribution in [0.1, 0.15) is 13.3 Å². The first-order chi connectivity index (χ1) is 10.1. The zero-order chi connectivity index (χ0) is 15.2. The molecule has 0 amide bonds. The SMILES string of the molecule is CCCN1CCN(C(=S)Nc2cccc([N+](=O)[O-])c2)CC1. The number of nitro benzene ring substituents is 1. The lowest BCUT2D eigenvalue weighted by Gasteiger charge is -2.36. The molecule has 6 nitrogen and oxygen atoms in total. The van der Waals surface area contributed by atoms with E-state index in [1.807, 2.05) is 0 Å². The average Bonchev–Trinajstić information content (AvgIpc) is 2.48. The van der Waals surface area contributed by atoms with Gasteiger partial charge in [0, 0.05) is 44.0 Å². The van der Waals surface area contributed by atoms with Gasteiger partial charge in [-0.05, 0) is 31.2 Å². The van der Waals surface area contributed by atoms with E-state index in [1.165, 1.54) is 12.1 Å². The highest BCUT2D eigenvalue weighted by atomic mass is 32.1. The molecule has 0 unspecified atom stereocenters. The van der Waals surface area contributed by atoms with Crippen molar-refractivity contribution in [3.63, 3.8) is 0 Å². The molecule has 0 radical (unpaired) electrons. The number of benzene rings is 1. The van der Waals surface area contributed by atoms with E-state index in [4.69, 9.17) is 12.2 Å². The number of nitro groups is 1. The lowest BCUT2D eigenvalue weighted by molar-refractivity contribution is -0.384. The summed E-state index contributed by atoms with van der Waals surface area (Å²) < 4.78 is 0. The molecule has 0 aromatic heterocycles. The van der Waals surface area contributed by atoms with E-state index in [1.54, 1.807) is 12.1 Å². The van der Waals surface area contributed by atoms with Crippen molar-refractivity contribution in [3.8, 4) is 0 Å². The van der Waals surface area contributed by atoms with Gasteiger partial charge in [0.25, 0.3) is 5.69 Å². The van der Waals surface area contributed by atoms with Crippen molar-refractivity contribution in [2.24, 2.45) is 0 Å². The predicted molar refractivity (Wildman–Crippen MR) is 87.6 cm³/mol. The Kier molecular flexibility index (Phi) is 5.46. The maximum Gasteiger partial charge on any atom is 0.271 e. The Labute approximate surface area is 129 Å². The third kappa shape index (κ3) is 4.37. The number of anilines is 1. The number of hydrogen-bond donors (Lipinski definition) is 1. The average molecular weight is 308 g/mol. The highest BCUT2D eigenvalue weighted by Crippen LogP contribution is 2.17. The number of nitrogens with zero attached hydrogens (tertiary/aromatic N) is 3. The molecule has 21 heavy (non-hydrogen) atoms. The topological polar surface area (TPSA) is 61.6 Å². The molecule has 1 aliphatic heterocycles. The molecule has 1 N–H and O–H groups in total. The van der Waals surface area contributed by atoms with Gasteiger partial charge >= 0.3 is 0 Å². The summed E-state index contributed by atoms with van der Waals surface area (Å²) in [6, 6.07) is 6.41. The fourth-order valence-electron chi connectivity index (χ4n) is 2.39. The van der Waals surface area contributed by atoms with E-state index in [-0.39, 0.29) is 5.69 Å². The third-order valence-electron chi connectivity index (χ3n) is 3.51. The summed E-state index contributed by atoms with van der Waals surface area (Å²) in [6.45, 7) is 7.09. The molecule has 1 aromatic rings. The second-order valence-electron chi connectivity index (χ2n) is 5.07. The summed E-state index contributed by atoms with van der Waals surface area (Å²) in [5.74, 6) is 0. The molecule has 0 aliphatic carbocycles. The van der Waals surface area contributed by atoms with Crippen LogP contribution in [0.3, 0.4) is 0 Å². The van der Waals surface area contributed by atoms with Crippen LogP contribution in [0.25, 0.3) is 0 Å². The number of piperazine rings is 1. The smallest absolute Gasteiger partial charge is 0.271 e. The van der Waals surface area contributed by atoms with Gasteiger partial charge in [-0.3, -0.25) is 15.0 Å². The highest BCUT2D eigenvalue weighted by molar-refractivity contribution is 7.80. The van der Waals surface area contributed by atoms with Gasteiger partial charge in [-0.15, -0.1) is 0 Å². The number of thiocarbonyl (C=S) groups is 1. The Balaban J connectivity index is 1.90. The van der Waals surface area contributed by atoms with Crippen LogP contribution in [-0.2, 0) is 0 Å². The van der Waals surface area contributed by atoms with Crippen LogP contribution < -0.4 is 5.32 Å². The van der Waals surface area contributed by atoms with Gasteiger partial charge < -0.3 is 10.2 Å². The van der Waals surface area contributed by atoms with E-state index in [9.17, 15) is 10.1 Å². The van der Waals surface area contributed by atoms with Crippen LogP contribution in [0.5, 0.6) is 0 Å². The van der Waals surface area contributed by atoms with Crippen molar-refractivity contribution in [3.05, 3.63) is 34.4 Å². The summed E-state index contributed by atoms with van der Waals surface area (Å²) in [6.07, 6.45) is 1.16. The van der Waals surface area contributed by atoms with E-state index in [0.29, 0.717) is 10.8 Å². The first-order valence-electron chi connectivity index (χ1n) is 7.13. The van der Waals surface area contributed by atoms with Gasteiger partial charge in [0.1, 0.15) is 0 Å². The lowest BCUT2D eigenvalue weighted by Crippen LogP contribution is -2.49. The van der Waals surface area contributed by atoms with Crippen LogP contribution in [0.2, 0.25) is 0 Å². The zero-order valence-corrected chi connectivity index (χ0v) is 12.9. The number of hydrogen-bond acceptors (Lipinski definition) is 4. The van der Waals surface area contributed by atoms with Crippen LogP contribution in [0.15, 0.2) is 24.3 Å². The summed E-state index contributed by atoms with van der Waals surface area (Å²) in [5, 5.41) is 14.5. The fraction of sp³-hybridized carbons (Fsp3) is 0.500. The Morgan fingerprint density at radius 2 is 2.10 bits per heavy atom. The number of rotatable bonds is 4. The Morgan fingerprint density at radius 3 is 2.71 bits per heavy atom. The van der Waals surface area contributed by atoms with Crippen LogP contribution in [0.4, 0.5) is 11.4 Å². The van der Waals surface area contributed by atoms with Crippen molar-refractivity contribution in [2.75, 3.05) is 38.0 Å². The van der Waals surface area contributed by atoms with Gasteiger partial charge in [-0.2, -0.15) is 0 Å². The molecular weight excluding hydrogens is 288 g/mol. The standard InChI is InChI=1S/C14H20N4O2S/c1-2-6-16-7-9-17(10-8-16)14(21)15-12-4-3-5-13(11-12)18(19)20/h3-5,11H,2,6-10H2,1H3,(H,15,21). The van der Waals surface area contributed by atoms with Crippen molar-refractivity contribution >= 4 is 28.7 Å². The Bertz CT molecular complexity index is 515. The zero-order valence-electron chi connectivity index (χ0n) is 12.1. The van der Waals surface area contributed by atoms with Gasteiger partial charge in [-0.1, -0.05) is 13.0 Å². The first-order valence-corrected chi connectivity index (χ1v) is 7.53. The van der Waals surface area contributed by atoms with E-state index < -0.39 is 4.92 Å². The highest BCUT2D eigenvalue weighted by Gasteiger charge is 2.18. The van der Waals surface area contributed by atoms with Gasteiger partial charge in [-0.25, -0.2) is 0 Å². The molecule has 0 bridgehead atoms. The maximum absolute atomic E-state index is 10.8. The lowest BCUT2D eigenvalue weighted by atomic mass is 10.3.